The molecule has 0 aliphatic carbocycles. The van der Waals surface area contributed by atoms with Gasteiger partial charge in [-0.3, -0.25) is 9.59 Å². The van der Waals surface area contributed by atoms with Crippen molar-refractivity contribution in [3.63, 3.8) is 0 Å². The van der Waals surface area contributed by atoms with E-state index in [2.05, 4.69) is 13.8 Å². The molecule has 0 aromatic rings. The number of hydrogen-bond donors (Lipinski definition) is 0. The van der Waals surface area contributed by atoms with Gasteiger partial charge in [0.05, 0.1) is 0 Å². The number of rotatable bonds is 31. The standard InChI is InChI=1S/C34H65O2/c1-3-5-7-9-11-13-15-16-17-18-20-22-24-26-28-30-34(36)33(31-32-35)29-27-25-23-21-19-14-12-10-8-6-4-2/h33H,3-31H2,1-2H3. The summed E-state index contributed by atoms with van der Waals surface area (Å²) in [5.74, 6) is 0.257. The van der Waals surface area contributed by atoms with E-state index < -0.39 is 0 Å². The summed E-state index contributed by atoms with van der Waals surface area (Å²) >= 11 is 0. The maximum atomic E-state index is 12.6. The fourth-order valence-corrected chi connectivity index (χ4v) is 5.41. The first-order valence-electron chi connectivity index (χ1n) is 16.6. The molecule has 1 atom stereocenters. The lowest BCUT2D eigenvalue weighted by atomic mass is 9.90. The molecular formula is C34H65O2. The topological polar surface area (TPSA) is 34.1 Å². The smallest absolute Gasteiger partial charge is 0.199 e. The van der Waals surface area contributed by atoms with Gasteiger partial charge in [0.1, 0.15) is 5.78 Å². The molecule has 0 amide bonds. The van der Waals surface area contributed by atoms with E-state index in [1.807, 2.05) is 6.29 Å². The van der Waals surface area contributed by atoms with Gasteiger partial charge in [-0.1, -0.05) is 174 Å². The number of hydrogen-bond acceptors (Lipinski definition) is 2. The molecule has 0 saturated heterocycles. The number of Topliss-reactive ketones (excluding diaryl/α,β-unsaturated/α-hetero) is 1. The van der Waals surface area contributed by atoms with Gasteiger partial charge in [0.15, 0.2) is 6.29 Å². The van der Waals surface area contributed by atoms with Gasteiger partial charge in [-0.25, -0.2) is 0 Å². The third-order valence-electron chi connectivity index (χ3n) is 7.97. The lowest BCUT2D eigenvalue weighted by molar-refractivity contribution is -0.123. The van der Waals surface area contributed by atoms with Crippen LogP contribution < -0.4 is 0 Å². The summed E-state index contributed by atoms with van der Waals surface area (Å²) in [5, 5.41) is 0. The van der Waals surface area contributed by atoms with Gasteiger partial charge in [-0.2, -0.15) is 0 Å². The highest BCUT2D eigenvalue weighted by molar-refractivity contribution is 5.83. The van der Waals surface area contributed by atoms with Crippen molar-refractivity contribution in [1.82, 2.24) is 0 Å². The molecule has 0 saturated carbocycles. The molecule has 1 unspecified atom stereocenters. The van der Waals surface area contributed by atoms with E-state index in [1.165, 1.54) is 154 Å². The van der Waals surface area contributed by atoms with E-state index >= 15 is 0 Å². The van der Waals surface area contributed by atoms with Gasteiger partial charge in [0.2, 0.25) is 0 Å². The van der Waals surface area contributed by atoms with Gasteiger partial charge in [0.25, 0.3) is 0 Å². The molecule has 0 aromatic carbocycles. The van der Waals surface area contributed by atoms with Gasteiger partial charge < -0.3 is 0 Å². The molecule has 0 heterocycles. The fourth-order valence-electron chi connectivity index (χ4n) is 5.41. The summed E-state index contributed by atoms with van der Waals surface area (Å²) < 4.78 is 0. The molecule has 213 valence electrons. The molecule has 0 fully saturated rings. The molecule has 0 spiro atoms. The Balaban J connectivity index is 3.53. The van der Waals surface area contributed by atoms with Crippen LogP contribution in [0.1, 0.15) is 200 Å². The highest BCUT2D eigenvalue weighted by atomic mass is 16.1. The molecule has 0 aliphatic rings. The summed E-state index contributed by atoms with van der Waals surface area (Å²) in [5.41, 5.74) is 0. The number of carbonyl (C=O) groups excluding carboxylic acids is 2. The van der Waals surface area contributed by atoms with Crippen LogP contribution in [0.3, 0.4) is 0 Å². The third kappa shape index (κ3) is 26.4. The highest BCUT2D eigenvalue weighted by Gasteiger charge is 2.17. The van der Waals surface area contributed by atoms with Crippen LogP contribution in [0.4, 0.5) is 0 Å². The molecule has 0 bridgehead atoms. The van der Waals surface area contributed by atoms with E-state index in [4.69, 9.17) is 0 Å². The zero-order valence-electron chi connectivity index (χ0n) is 24.9. The van der Waals surface area contributed by atoms with E-state index in [9.17, 15) is 9.59 Å². The minimum Gasteiger partial charge on any atom is -0.299 e. The van der Waals surface area contributed by atoms with E-state index in [0.29, 0.717) is 18.6 Å². The second-order valence-electron chi connectivity index (χ2n) is 11.5. The van der Waals surface area contributed by atoms with Crippen molar-refractivity contribution >= 4 is 12.1 Å². The monoisotopic (exact) mass is 505 g/mol. The van der Waals surface area contributed by atoms with Gasteiger partial charge >= 0.3 is 0 Å². The fraction of sp³-hybridized carbons (Fsp3) is 0.941. The van der Waals surface area contributed by atoms with Crippen molar-refractivity contribution in [2.24, 2.45) is 5.92 Å². The van der Waals surface area contributed by atoms with E-state index in [1.54, 1.807) is 0 Å². The number of carbonyl (C=O) groups is 1. The summed E-state index contributed by atoms with van der Waals surface area (Å²) in [4.78, 5) is 23.6. The molecule has 1 radical (unpaired) electrons. The predicted molar refractivity (Wildman–Crippen MR) is 159 cm³/mol. The Bertz CT molecular complexity index is 444. The second-order valence-corrected chi connectivity index (χ2v) is 11.5. The molecule has 36 heavy (non-hydrogen) atoms. The van der Waals surface area contributed by atoms with Crippen LogP contribution in [0.5, 0.6) is 0 Å². The van der Waals surface area contributed by atoms with Crippen molar-refractivity contribution in [2.45, 2.75) is 200 Å². The van der Waals surface area contributed by atoms with Crippen molar-refractivity contribution in [3.05, 3.63) is 0 Å². The Morgan fingerprint density at radius 1 is 0.472 bits per heavy atom. The van der Waals surface area contributed by atoms with Crippen LogP contribution in [0.15, 0.2) is 0 Å². The maximum absolute atomic E-state index is 12.6. The van der Waals surface area contributed by atoms with Crippen LogP contribution in [-0.2, 0) is 9.59 Å². The Labute approximate surface area is 227 Å². The normalized spacial score (nSPS) is 12.2. The van der Waals surface area contributed by atoms with Gasteiger partial charge in [-0.05, 0) is 12.8 Å². The maximum Gasteiger partial charge on any atom is 0.199 e. The zero-order chi connectivity index (χ0) is 26.4. The summed E-state index contributed by atoms with van der Waals surface area (Å²) in [6, 6.07) is 0. The molecule has 2 heteroatoms. The molecule has 0 aromatic heterocycles. The quantitative estimate of drug-likeness (QED) is 0.0878. The largest absolute Gasteiger partial charge is 0.299 e. The number of unbranched alkanes of at least 4 members (excludes halogenated alkanes) is 24. The minimum absolute atomic E-state index is 0.0623. The third-order valence-corrected chi connectivity index (χ3v) is 7.97. The van der Waals surface area contributed by atoms with Crippen molar-refractivity contribution in [2.75, 3.05) is 0 Å². The SMILES string of the molecule is CCCCCCCCCCCCCCCCCC(=O)C(C[C]=O)CCCCCCCCCCCCC. The first-order valence-corrected chi connectivity index (χ1v) is 16.6. The minimum atomic E-state index is -0.0623. The molecule has 0 rings (SSSR count). The van der Waals surface area contributed by atoms with Crippen LogP contribution in [-0.4, -0.2) is 12.1 Å². The van der Waals surface area contributed by atoms with E-state index in [0.717, 1.165) is 19.3 Å². The molecule has 2 nitrogen and oxygen atoms in total. The summed E-state index contributed by atoms with van der Waals surface area (Å²) in [6.07, 6.45) is 38.6. The van der Waals surface area contributed by atoms with Crippen molar-refractivity contribution < 1.29 is 9.59 Å². The van der Waals surface area contributed by atoms with Crippen LogP contribution >= 0.6 is 0 Å². The zero-order valence-corrected chi connectivity index (χ0v) is 24.9. The lowest BCUT2D eigenvalue weighted by Gasteiger charge is -2.13. The second kappa shape index (κ2) is 30.6. The molecular weight excluding hydrogens is 440 g/mol. The summed E-state index contributed by atoms with van der Waals surface area (Å²) in [7, 11) is 0. The highest BCUT2D eigenvalue weighted by Crippen LogP contribution is 2.20. The first kappa shape index (κ1) is 35.3. The lowest BCUT2D eigenvalue weighted by Crippen LogP contribution is -2.15. The van der Waals surface area contributed by atoms with Gasteiger partial charge in [0, 0.05) is 18.8 Å². The summed E-state index contributed by atoms with van der Waals surface area (Å²) in [6.45, 7) is 4.55. The Morgan fingerprint density at radius 2 is 0.778 bits per heavy atom. The predicted octanol–water partition coefficient (Wildman–Crippen LogP) is 11.6. The Morgan fingerprint density at radius 3 is 1.11 bits per heavy atom. The van der Waals surface area contributed by atoms with E-state index in [-0.39, 0.29) is 5.92 Å². The molecule has 0 aliphatic heterocycles. The van der Waals surface area contributed by atoms with Crippen molar-refractivity contribution in [3.8, 4) is 0 Å². The Kier molecular flexibility index (Phi) is 30.0. The Hall–Kier alpha value is -0.660. The van der Waals surface area contributed by atoms with Crippen molar-refractivity contribution in [1.29, 1.82) is 0 Å². The van der Waals surface area contributed by atoms with Crippen LogP contribution in [0, 0.1) is 5.92 Å². The number of ketones is 1. The first-order chi connectivity index (χ1) is 17.8. The molecule has 0 N–H and O–H groups in total. The van der Waals surface area contributed by atoms with Crippen LogP contribution in [0.25, 0.3) is 0 Å². The average molecular weight is 506 g/mol. The van der Waals surface area contributed by atoms with Crippen LogP contribution in [0.2, 0.25) is 0 Å². The van der Waals surface area contributed by atoms with Gasteiger partial charge in [-0.15, -0.1) is 0 Å². The average Bonchev–Trinajstić information content (AvgIpc) is 2.88.